The molecule has 2 rings (SSSR count). The fourth-order valence-electron chi connectivity index (χ4n) is 4.39. The largest absolute Gasteiger partial charge is 0.396 e. The Balaban J connectivity index is 1.82. The van der Waals surface area contributed by atoms with Crippen LogP contribution in [-0.2, 0) is 0 Å². The lowest BCUT2D eigenvalue weighted by molar-refractivity contribution is 0.0896. The van der Waals surface area contributed by atoms with E-state index in [4.69, 9.17) is 5.11 Å². The molecule has 2 aliphatic carbocycles. The Bertz CT molecular complexity index is 218. The maximum Gasteiger partial charge on any atom is 0.0433 e. The molecule has 0 spiro atoms. The lowest BCUT2D eigenvalue weighted by Crippen LogP contribution is -2.31. The van der Waals surface area contributed by atoms with Crippen LogP contribution in [0, 0.1) is 29.6 Å². The second kappa shape index (κ2) is 6.22. The highest BCUT2D eigenvalue weighted by Gasteiger charge is 2.34. The van der Waals surface area contributed by atoms with Gasteiger partial charge >= 0.3 is 0 Å². The summed E-state index contributed by atoms with van der Waals surface area (Å²) < 4.78 is 0. The van der Waals surface area contributed by atoms with Gasteiger partial charge in [0.15, 0.2) is 0 Å². The van der Waals surface area contributed by atoms with Gasteiger partial charge in [-0.2, -0.15) is 0 Å². The second-order valence-electron chi connectivity index (χ2n) is 6.85. The van der Waals surface area contributed by atoms with Crippen LogP contribution in [0.1, 0.15) is 65.2 Å². The lowest BCUT2D eigenvalue weighted by atomic mass is 9.65. The molecule has 0 bridgehead atoms. The van der Waals surface area contributed by atoms with Crippen molar-refractivity contribution in [1.82, 2.24) is 0 Å². The fraction of sp³-hybridized carbons (Fsp3) is 1.00. The maximum absolute atomic E-state index is 9.05. The average molecular weight is 238 g/mol. The van der Waals surface area contributed by atoms with Gasteiger partial charge in [-0.25, -0.2) is 0 Å². The fourth-order valence-corrected chi connectivity index (χ4v) is 4.39. The molecule has 17 heavy (non-hydrogen) atoms. The predicted octanol–water partition coefficient (Wildman–Crippen LogP) is 4.25. The zero-order chi connectivity index (χ0) is 12.3. The van der Waals surface area contributed by atoms with E-state index in [9.17, 15) is 0 Å². The summed E-state index contributed by atoms with van der Waals surface area (Å²) in [7, 11) is 0. The lowest BCUT2D eigenvalue weighted by Gasteiger charge is -2.41. The molecule has 3 atom stereocenters. The molecule has 100 valence electrons. The topological polar surface area (TPSA) is 20.2 Å². The van der Waals surface area contributed by atoms with E-state index < -0.39 is 0 Å². The van der Waals surface area contributed by atoms with Gasteiger partial charge in [0.2, 0.25) is 0 Å². The number of aliphatic hydroxyl groups is 1. The summed E-state index contributed by atoms with van der Waals surface area (Å²) in [6.45, 7) is 5.27. The summed E-state index contributed by atoms with van der Waals surface area (Å²) in [5, 5.41) is 9.05. The number of aliphatic hydroxyl groups excluding tert-OH is 1. The summed E-state index contributed by atoms with van der Waals surface area (Å²) in [5.41, 5.74) is 0. The van der Waals surface area contributed by atoms with Crippen LogP contribution in [0.2, 0.25) is 0 Å². The minimum absolute atomic E-state index is 0.392. The Hall–Kier alpha value is -0.0400. The van der Waals surface area contributed by atoms with Crippen molar-refractivity contribution in [2.75, 3.05) is 6.61 Å². The highest BCUT2D eigenvalue weighted by Crippen LogP contribution is 2.44. The van der Waals surface area contributed by atoms with Crippen molar-refractivity contribution in [3.05, 3.63) is 0 Å². The number of hydrogen-bond donors (Lipinski definition) is 1. The number of rotatable bonds is 3. The van der Waals surface area contributed by atoms with Crippen molar-refractivity contribution in [2.24, 2.45) is 29.6 Å². The van der Waals surface area contributed by atoms with Gasteiger partial charge < -0.3 is 5.11 Å². The van der Waals surface area contributed by atoms with Crippen LogP contribution in [-0.4, -0.2) is 11.7 Å². The van der Waals surface area contributed by atoms with Gasteiger partial charge in [-0.3, -0.25) is 0 Å². The molecule has 0 amide bonds. The van der Waals surface area contributed by atoms with Crippen LogP contribution in [0.5, 0.6) is 0 Å². The molecule has 2 fully saturated rings. The van der Waals surface area contributed by atoms with Crippen LogP contribution in [0.15, 0.2) is 0 Å². The zero-order valence-electron chi connectivity index (χ0n) is 11.7. The minimum Gasteiger partial charge on any atom is -0.396 e. The molecule has 0 radical (unpaired) electrons. The molecule has 0 heterocycles. The summed E-state index contributed by atoms with van der Waals surface area (Å²) >= 11 is 0. The third kappa shape index (κ3) is 3.47. The molecule has 1 N–H and O–H groups in total. The van der Waals surface area contributed by atoms with Crippen LogP contribution >= 0.6 is 0 Å². The first kappa shape index (κ1) is 13.4. The summed E-state index contributed by atoms with van der Waals surface area (Å²) in [6.07, 6.45) is 11.1. The molecule has 2 aliphatic rings. The summed E-state index contributed by atoms with van der Waals surface area (Å²) in [4.78, 5) is 0. The summed E-state index contributed by atoms with van der Waals surface area (Å²) in [6, 6.07) is 0. The quantitative estimate of drug-likeness (QED) is 0.779. The average Bonchev–Trinajstić information content (AvgIpc) is 2.31. The normalized spacial score (nSPS) is 43.6. The third-order valence-electron chi connectivity index (χ3n) is 5.55. The van der Waals surface area contributed by atoms with Gasteiger partial charge in [0.1, 0.15) is 0 Å². The number of hydrogen-bond acceptors (Lipinski definition) is 1. The van der Waals surface area contributed by atoms with Crippen molar-refractivity contribution in [3.8, 4) is 0 Å². The van der Waals surface area contributed by atoms with E-state index in [1.165, 1.54) is 44.9 Å². The molecular formula is C16H30O. The molecule has 0 aromatic rings. The van der Waals surface area contributed by atoms with Crippen molar-refractivity contribution in [2.45, 2.75) is 65.2 Å². The Labute approximate surface area is 107 Å². The van der Waals surface area contributed by atoms with E-state index >= 15 is 0 Å². The van der Waals surface area contributed by atoms with Gasteiger partial charge in [0.05, 0.1) is 0 Å². The molecule has 0 aliphatic heterocycles. The first-order valence-electron chi connectivity index (χ1n) is 7.81. The van der Waals surface area contributed by atoms with E-state index in [0.29, 0.717) is 6.61 Å². The van der Waals surface area contributed by atoms with E-state index in [-0.39, 0.29) is 0 Å². The van der Waals surface area contributed by atoms with Crippen LogP contribution in [0.4, 0.5) is 0 Å². The van der Waals surface area contributed by atoms with Gasteiger partial charge in [-0.05, 0) is 61.7 Å². The maximum atomic E-state index is 9.05. The first-order chi connectivity index (χ1) is 8.20. The standard InChI is InChI=1S/C16H30O/c1-12-3-6-15(7-4-12)16-8-5-14(9-10-17)11-13(16)2/h12-17H,3-11H2,1-2H3. The van der Waals surface area contributed by atoms with Gasteiger partial charge in [-0.15, -0.1) is 0 Å². The Morgan fingerprint density at radius 1 is 0.941 bits per heavy atom. The van der Waals surface area contributed by atoms with Crippen LogP contribution in [0.3, 0.4) is 0 Å². The minimum atomic E-state index is 0.392. The summed E-state index contributed by atoms with van der Waals surface area (Å²) in [5.74, 6) is 4.72. The van der Waals surface area contributed by atoms with Gasteiger partial charge in [-0.1, -0.05) is 33.1 Å². The molecule has 0 saturated heterocycles. The van der Waals surface area contributed by atoms with E-state index in [2.05, 4.69) is 13.8 Å². The molecule has 3 unspecified atom stereocenters. The molecule has 1 nitrogen and oxygen atoms in total. The zero-order valence-corrected chi connectivity index (χ0v) is 11.7. The van der Waals surface area contributed by atoms with Crippen molar-refractivity contribution < 1.29 is 5.11 Å². The highest BCUT2D eigenvalue weighted by atomic mass is 16.3. The Morgan fingerprint density at radius 2 is 1.65 bits per heavy atom. The van der Waals surface area contributed by atoms with Crippen molar-refractivity contribution >= 4 is 0 Å². The molecule has 1 heteroatoms. The van der Waals surface area contributed by atoms with E-state index in [0.717, 1.165) is 36.0 Å². The third-order valence-corrected chi connectivity index (χ3v) is 5.55. The monoisotopic (exact) mass is 238 g/mol. The van der Waals surface area contributed by atoms with Gasteiger partial charge in [0.25, 0.3) is 0 Å². The van der Waals surface area contributed by atoms with Crippen molar-refractivity contribution in [1.29, 1.82) is 0 Å². The van der Waals surface area contributed by atoms with Crippen LogP contribution in [0.25, 0.3) is 0 Å². The van der Waals surface area contributed by atoms with Crippen LogP contribution < -0.4 is 0 Å². The smallest absolute Gasteiger partial charge is 0.0433 e. The highest BCUT2D eigenvalue weighted by molar-refractivity contribution is 4.84. The first-order valence-corrected chi connectivity index (χ1v) is 7.81. The van der Waals surface area contributed by atoms with Gasteiger partial charge in [0, 0.05) is 6.61 Å². The van der Waals surface area contributed by atoms with E-state index in [1.54, 1.807) is 0 Å². The molecule has 0 aromatic heterocycles. The Morgan fingerprint density at radius 3 is 2.24 bits per heavy atom. The molecule has 2 saturated carbocycles. The SMILES string of the molecule is CC1CCC(C2CCC(CCO)CC2C)CC1. The second-order valence-corrected chi connectivity index (χ2v) is 6.85. The predicted molar refractivity (Wildman–Crippen MR) is 72.8 cm³/mol. The van der Waals surface area contributed by atoms with E-state index in [1.807, 2.05) is 0 Å². The molecule has 0 aromatic carbocycles. The van der Waals surface area contributed by atoms with Crippen molar-refractivity contribution in [3.63, 3.8) is 0 Å². The molecular weight excluding hydrogens is 208 g/mol. The Kier molecular flexibility index (Phi) is 4.90.